The summed E-state index contributed by atoms with van der Waals surface area (Å²) >= 11 is 4.30. The van der Waals surface area contributed by atoms with Gasteiger partial charge in [0.15, 0.2) is 0 Å². The normalized spacial score (nSPS) is 15.9. The van der Waals surface area contributed by atoms with Gasteiger partial charge in [-0.1, -0.05) is 19.4 Å². The highest BCUT2D eigenvalue weighted by Gasteiger charge is 2.27. The minimum Gasteiger partial charge on any atom is -0.338 e. The highest BCUT2D eigenvalue weighted by molar-refractivity contribution is 7.80. The monoisotopic (exact) mass is 294 g/mol. The molecule has 0 bridgehead atoms. The molecular weight excluding hydrogens is 276 g/mol. The molecule has 1 aliphatic rings. The number of amides is 1. The molecule has 108 valence electrons. The maximum Gasteiger partial charge on any atom is 0.270 e. The summed E-state index contributed by atoms with van der Waals surface area (Å²) in [6, 6.07) is 4.55. The van der Waals surface area contributed by atoms with E-state index in [4.69, 9.17) is 0 Å². The Labute approximate surface area is 123 Å². The number of benzene rings is 1. The van der Waals surface area contributed by atoms with Crippen molar-refractivity contribution in [2.45, 2.75) is 19.8 Å². The Morgan fingerprint density at radius 1 is 1.50 bits per heavy atom. The second-order valence-electron chi connectivity index (χ2n) is 5.06. The van der Waals surface area contributed by atoms with Gasteiger partial charge in [0.05, 0.1) is 4.92 Å². The quantitative estimate of drug-likeness (QED) is 0.515. The van der Waals surface area contributed by atoms with E-state index in [0.717, 1.165) is 24.2 Å². The van der Waals surface area contributed by atoms with Crippen LogP contribution in [-0.2, 0) is 6.42 Å². The van der Waals surface area contributed by atoms with Crippen LogP contribution in [-0.4, -0.2) is 34.6 Å². The van der Waals surface area contributed by atoms with Crippen molar-refractivity contribution in [3.63, 3.8) is 0 Å². The van der Waals surface area contributed by atoms with E-state index < -0.39 is 4.92 Å². The van der Waals surface area contributed by atoms with Crippen LogP contribution in [0.25, 0.3) is 0 Å². The largest absolute Gasteiger partial charge is 0.338 e. The van der Waals surface area contributed by atoms with Crippen LogP contribution in [0.5, 0.6) is 0 Å². The van der Waals surface area contributed by atoms with Gasteiger partial charge in [-0.15, -0.1) is 0 Å². The second-order valence-corrected chi connectivity index (χ2v) is 5.42. The Morgan fingerprint density at radius 2 is 2.25 bits per heavy atom. The maximum atomic E-state index is 12.4. The van der Waals surface area contributed by atoms with E-state index in [1.165, 1.54) is 12.1 Å². The lowest BCUT2D eigenvalue weighted by Crippen LogP contribution is -2.40. The van der Waals surface area contributed by atoms with Crippen molar-refractivity contribution in [2.24, 2.45) is 5.92 Å². The summed E-state index contributed by atoms with van der Waals surface area (Å²) < 4.78 is 0. The van der Waals surface area contributed by atoms with Gasteiger partial charge in [0.1, 0.15) is 0 Å². The van der Waals surface area contributed by atoms with Crippen LogP contribution < -0.4 is 0 Å². The summed E-state index contributed by atoms with van der Waals surface area (Å²) in [6.45, 7) is 3.42. The van der Waals surface area contributed by atoms with Crippen molar-refractivity contribution in [3.05, 3.63) is 39.4 Å². The van der Waals surface area contributed by atoms with Crippen LogP contribution in [0.4, 0.5) is 5.69 Å². The van der Waals surface area contributed by atoms with Crippen molar-refractivity contribution in [2.75, 3.05) is 18.8 Å². The molecule has 0 saturated carbocycles. The zero-order chi connectivity index (χ0) is 14.7. The van der Waals surface area contributed by atoms with E-state index in [2.05, 4.69) is 19.6 Å². The second kappa shape index (κ2) is 6.26. The molecule has 0 aliphatic carbocycles. The molecule has 1 aromatic rings. The van der Waals surface area contributed by atoms with E-state index in [1.807, 2.05) is 0 Å². The van der Waals surface area contributed by atoms with Gasteiger partial charge in [0.25, 0.3) is 11.6 Å². The fourth-order valence-electron chi connectivity index (χ4n) is 2.42. The zero-order valence-electron chi connectivity index (χ0n) is 11.4. The fourth-order valence-corrected chi connectivity index (χ4v) is 2.80. The van der Waals surface area contributed by atoms with Crippen molar-refractivity contribution in [1.82, 2.24) is 4.90 Å². The van der Waals surface area contributed by atoms with E-state index in [-0.39, 0.29) is 11.6 Å². The Hall–Kier alpha value is -1.56. The van der Waals surface area contributed by atoms with Crippen LogP contribution in [0.3, 0.4) is 0 Å². The summed E-state index contributed by atoms with van der Waals surface area (Å²) in [5, 5.41) is 10.8. The highest BCUT2D eigenvalue weighted by Crippen LogP contribution is 2.24. The zero-order valence-corrected chi connectivity index (χ0v) is 12.3. The Kier molecular flexibility index (Phi) is 4.65. The van der Waals surface area contributed by atoms with Gasteiger partial charge < -0.3 is 4.90 Å². The number of thiol groups is 1. The summed E-state index contributed by atoms with van der Waals surface area (Å²) in [5.41, 5.74) is 1.34. The molecule has 2 rings (SSSR count). The Bertz CT molecular complexity index is 529. The van der Waals surface area contributed by atoms with Gasteiger partial charge in [-0.2, -0.15) is 12.6 Å². The van der Waals surface area contributed by atoms with Crippen LogP contribution in [0.2, 0.25) is 0 Å². The third-order valence-electron chi connectivity index (χ3n) is 3.79. The highest BCUT2D eigenvalue weighted by atomic mass is 32.1. The first-order valence-electron chi connectivity index (χ1n) is 6.74. The SMILES string of the molecule is CCC(CS)CN1CCc2ccc([N+](=O)[O-])cc2C1=O. The number of nitrogens with zero attached hydrogens (tertiary/aromatic N) is 2. The standard InChI is InChI=1S/C14H18N2O3S/c1-2-10(9-20)8-15-6-5-11-3-4-12(16(18)19)7-13(11)14(15)17/h3-4,7,10,20H,2,5-6,8-9H2,1H3. The first-order valence-corrected chi connectivity index (χ1v) is 7.37. The van der Waals surface area contributed by atoms with E-state index >= 15 is 0 Å². The molecule has 0 N–H and O–H groups in total. The van der Waals surface area contributed by atoms with Crippen LogP contribution >= 0.6 is 12.6 Å². The smallest absolute Gasteiger partial charge is 0.270 e. The maximum absolute atomic E-state index is 12.4. The van der Waals surface area contributed by atoms with Gasteiger partial charge in [-0.25, -0.2) is 0 Å². The lowest BCUT2D eigenvalue weighted by Gasteiger charge is -2.31. The lowest BCUT2D eigenvalue weighted by molar-refractivity contribution is -0.384. The number of carbonyl (C=O) groups is 1. The van der Waals surface area contributed by atoms with Crippen LogP contribution in [0.15, 0.2) is 18.2 Å². The van der Waals surface area contributed by atoms with Crippen molar-refractivity contribution in [1.29, 1.82) is 0 Å². The van der Waals surface area contributed by atoms with Gasteiger partial charge >= 0.3 is 0 Å². The summed E-state index contributed by atoms with van der Waals surface area (Å²) in [6.07, 6.45) is 1.72. The summed E-state index contributed by atoms with van der Waals surface area (Å²) in [7, 11) is 0. The Balaban J connectivity index is 2.23. The molecule has 0 spiro atoms. The van der Waals surface area contributed by atoms with Gasteiger partial charge in [0.2, 0.25) is 0 Å². The molecule has 1 unspecified atom stereocenters. The molecule has 0 saturated heterocycles. The third-order valence-corrected chi connectivity index (χ3v) is 4.30. The molecule has 0 aromatic heterocycles. The molecule has 1 amide bonds. The number of rotatable bonds is 5. The molecule has 6 heteroatoms. The number of hydrogen-bond acceptors (Lipinski definition) is 4. The first kappa shape index (κ1) is 14.8. The predicted molar refractivity (Wildman–Crippen MR) is 80.3 cm³/mol. The molecule has 0 fully saturated rings. The number of nitro benzene ring substituents is 1. The number of non-ortho nitro benzene ring substituents is 1. The number of hydrogen-bond donors (Lipinski definition) is 1. The van der Waals surface area contributed by atoms with Crippen molar-refractivity contribution >= 4 is 24.2 Å². The molecule has 20 heavy (non-hydrogen) atoms. The van der Waals surface area contributed by atoms with Crippen LogP contribution in [0.1, 0.15) is 29.3 Å². The van der Waals surface area contributed by atoms with E-state index in [0.29, 0.717) is 24.6 Å². The average Bonchev–Trinajstić information content (AvgIpc) is 2.46. The summed E-state index contributed by atoms with van der Waals surface area (Å²) in [5.74, 6) is 1.000. The average molecular weight is 294 g/mol. The van der Waals surface area contributed by atoms with Gasteiger partial charge in [-0.05, 0) is 23.7 Å². The predicted octanol–water partition coefficient (Wildman–Crippen LogP) is 2.55. The lowest BCUT2D eigenvalue weighted by atomic mass is 9.97. The molecule has 5 nitrogen and oxygen atoms in total. The molecule has 1 aliphatic heterocycles. The molecule has 0 radical (unpaired) electrons. The van der Waals surface area contributed by atoms with Gasteiger partial charge in [0, 0.05) is 30.8 Å². The van der Waals surface area contributed by atoms with Crippen LogP contribution in [0, 0.1) is 16.0 Å². The molecule has 1 aromatic carbocycles. The number of nitro groups is 1. The minimum atomic E-state index is -0.463. The minimum absolute atomic E-state index is 0.0276. The molecule has 1 heterocycles. The van der Waals surface area contributed by atoms with Gasteiger partial charge in [-0.3, -0.25) is 14.9 Å². The van der Waals surface area contributed by atoms with Crippen molar-refractivity contribution in [3.8, 4) is 0 Å². The molecular formula is C14H18N2O3S. The summed E-state index contributed by atoms with van der Waals surface area (Å²) in [4.78, 5) is 24.6. The first-order chi connectivity index (χ1) is 9.56. The van der Waals surface area contributed by atoms with Crippen molar-refractivity contribution < 1.29 is 9.72 Å². The Morgan fingerprint density at radius 3 is 2.85 bits per heavy atom. The number of carbonyl (C=O) groups excluding carboxylic acids is 1. The third kappa shape index (κ3) is 2.95. The molecule has 1 atom stereocenters. The number of fused-ring (bicyclic) bond motifs is 1. The topological polar surface area (TPSA) is 63.4 Å². The fraction of sp³-hybridized carbons (Fsp3) is 0.500. The van der Waals surface area contributed by atoms with E-state index in [9.17, 15) is 14.9 Å². The van der Waals surface area contributed by atoms with E-state index in [1.54, 1.807) is 11.0 Å².